The highest BCUT2D eigenvalue weighted by atomic mass is 16.5. The Labute approximate surface area is 123 Å². The van der Waals surface area contributed by atoms with Crippen molar-refractivity contribution in [3.05, 3.63) is 42.5 Å². The molecule has 0 aliphatic carbocycles. The second kappa shape index (κ2) is 5.20. The lowest BCUT2D eigenvalue weighted by molar-refractivity contribution is -0.129. The van der Waals surface area contributed by atoms with Gasteiger partial charge in [-0.2, -0.15) is 5.10 Å². The van der Waals surface area contributed by atoms with Gasteiger partial charge in [-0.15, -0.1) is 0 Å². The molecule has 2 aromatic rings. The van der Waals surface area contributed by atoms with Gasteiger partial charge in [-0.3, -0.25) is 4.79 Å². The number of nitrogens with one attached hydrogen (secondary N) is 1. The van der Waals surface area contributed by atoms with Crippen LogP contribution in [0, 0.1) is 0 Å². The van der Waals surface area contributed by atoms with Crippen LogP contribution in [0.5, 0.6) is 5.75 Å². The number of nitrogens with zero attached hydrogens (tertiary/aromatic N) is 3. The first kappa shape index (κ1) is 13.6. The monoisotopic (exact) mass is 286 g/mol. The van der Waals surface area contributed by atoms with Crippen LogP contribution in [0.25, 0.3) is 0 Å². The third-order valence-electron chi connectivity index (χ3n) is 3.81. The number of amides is 1. The first-order valence-electron chi connectivity index (χ1n) is 6.97. The predicted molar refractivity (Wildman–Crippen MR) is 76.8 cm³/mol. The zero-order chi connectivity index (χ0) is 14.9. The Morgan fingerprint density at radius 2 is 2.24 bits per heavy atom. The van der Waals surface area contributed by atoms with Crippen LogP contribution in [0.3, 0.4) is 0 Å². The van der Waals surface area contributed by atoms with Crippen LogP contribution in [0.2, 0.25) is 0 Å². The average Bonchev–Trinajstić information content (AvgIpc) is 3.02. The first-order chi connectivity index (χ1) is 10.1. The minimum absolute atomic E-state index is 0.0368. The van der Waals surface area contributed by atoms with E-state index in [4.69, 9.17) is 4.74 Å². The number of hydrogen-bond donors (Lipinski definition) is 1. The van der Waals surface area contributed by atoms with Gasteiger partial charge in [-0.25, -0.2) is 9.67 Å². The molecule has 110 valence electrons. The highest BCUT2D eigenvalue weighted by Crippen LogP contribution is 2.32. The van der Waals surface area contributed by atoms with Gasteiger partial charge >= 0.3 is 0 Å². The molecule has 1 aliphatic rings. The Morgan fingerprint density at radius 1 is 1.43 bits per heavy atom. The molecule has 6 heteroatoms. The SMILES string of the molecule is CC(C)(C(=O)NC1CCOc2ccccc21)n1cncn1. The first-order valence-corrected chi connectivity index (χ1v) is 6.97. The maximum atomic E-state index is 12.6. The Bertz CT molecular complexity index is 637. The summed E-state index contributed by atoms with van der Waals surface area (Å²) in [6, 6.07) is 7.76. The van der Waals surface area contributed by atoms with Crippen LogP contribution in [0.15, 0.2) is 36.9 Å². The third kappa shape index (κ3) is 2.49. The fourth-order valence-electron chi connectivity index (χ4n) is 2.43. The predicted octanol–water partition coefficient (Wildman–Crippen LogP) is 1.65. The lowest BCUT2D eigenvalue weighted by Gasteiger charge is -2.30. The summed E-state index contributed by atoms with van der Waals surface area (Å²) >= 11 is 0. The number of ether oxygens (including phenoxy) is 1. The second-order valence-electron chi connectivity index (χ2n) is 5.60. The van der Waals surface area contributed by atoms with E-state index in [1.54, 1.807) is 11.0 Å². The number of fused-ring (bicyclic) bond motifs is 1. The molecular formula is C15H18N4O2. The molecule has 6 nitrogen and oxygen atoms in total. The number of carbonyl (C=O) groups excluding carboxylic acids is 1. The van der Waals surface area contributed by atoms with E-state index in [2.05, 4.69) is 15.4 Å². The van der Waals surface area contributed by atoms with E-state index in [1.165, 1.54) is 6.33 Å². The molecule has 0 bridgehead atoms. The topological polar surface area (TPSA) is 69.0 Å². The van der Waals surface area contributed by atoms with Crippen molar-refractivity contribution in [2.24, 2.45) is 0 Å². The van der Waals surface area contributed by atoms with Crippen molar-refractivity contribution in [2.45, 2.75) is 31.8 Å². The quantitative estimate of drug-likeness (QED) is 0.931. The summed E-state index contributed by atoms with van der Waals surface area (Å²) in [6.45, 7) is 4.25. The molecule has 0 saturated carbocycles. The summed E-state index contributed by atoms with van der Waals surface area (Å²) in [5, 5.41) is 7.16. The second-order valence-corrected chi connectivity index (χ2v) is 5.60. The average molecular weight is 286 g/mol. The molecule has 1 unspecified atom stereocenters. The molecule has 0 radical (unpaired) electrons. The van der Waals surface area contributed by atoms with Gasteiger partial charge in [0.1, 0.15) is 23.9 Å². The summed E-state index contributed by atoms with van der Waals surface area (Å²) in [5.74, 6) is 0.752. The third-order valence-corrected chi connectivity index (χ3v) is 3.81. The van der Waals surface area contributed by atoms with Gasteiger partial charge in [0.15, 0.2) is 0 Å². The molecule has 1 atom stereocenters. The molecule has 1 aliphatic heterocycles. The van der Waals surface area contributed by atoms with Gasteiger partial charge in [0.05, 0.1) is 12.6 Å². The summed E-state index contributed by atoms with van der Waals surface area (Å²) in [4.78, 5) is 16.5. The van der Waals surface area contributed by atoms with Crippen molar-refractivity contribution in [1.29, 1.82) is 0 Å². The highest BCUT2D eigenvalue weighted by molar-refractivity contribution is 5.84. The summed E-state index contributed by atoms with van der Waals surface area (Å²) < 4.78 is 7.18. The molecule has 21 heavy (non-hydrogen) atoms. The van der Waals surface area contributed by atoms with Gasteiger partial charge in [0.25, 0.3) is 0 Å². The number of hydrogen-bond acceptors (Lipinski definition) is 4. The Kier molecular flexibility index (Phi) is 3.37. The van der Waals surface area contributed by atoms with Crippen LogP contribution in [0.1, 0.15) is 31.9 Å². The number of para-hydroxylation sites is 1. The van der Waals surface area contributed by atoms with Crippen molar-refractivity contribution < 1.29 is 9.53 Å². The molecule has 1 N–H and O–H groups in total. The van der Waals surface area contributed by atoms with E-state index >= 15 is 0 Å². The molecular weight excluding hydrogens is 268 g/mol. The van der Waals surface area contributed by atoms with E-state index in [0.29, 0.717) is 6.61 Å². The van der Waals surface area contributed by atoms with Crippen molar-refractivity contribution in [3.8, 4) is 5.75 Å². The lowest BCUT2D eigenvalue weighted by Crippen LogP contribution is -2.46. The Balaban J connectivity index is 1.80. The molecule has 1 aromatic carbocycles. The van der Waals surface area contributed by atoms with Crippen LogP contribution in [0.4, 0.5) is 0 Å². The molecule has 0 fully saturated rings. The zero-order valence-electron chi connectivity index (χ0n) is 12.1. The van der Waals surface area contributed by atoms with Gasteiger partial charge in [0, 0.05) is 12.0 Å². The number of carbonyl (C=O) groups is 1. The summed E-state index contributed by atoms with van der Waals surface area (Å²) in [7, 11) is 0. The fourth-order valence-corrected chi connectivity index (χ4v) is 2.43. The van der Waals surface area contributed by atoms with Crippen LogP contribution >= 0.6 is 0 Å². The normalized spacial score (nSPS) is 17.7. The Morgan fingerprint density at radius 3 is 3.00 bits per heavy atom. The van der Waals surface area contributed by atoms with Crippen molar-refractivity contribution in [2.75, 3.05) is 6.61 Å². The molecule has 2 heterocycles. The van der Waals surface area contributed by atoms with E-state index in [9.17, 15) is 4.79 Å². The molecule has 0 saturated heterocycles. The number of rotatable bonds is 3. The van der Waals surface area contributed by atoms with E-state index in [0.717, 1.165) is 17.7 Å². The standard InChI is InChI=1S/C15H18N4O2/c1-15(2,19-10-16-9-17-19)14(20)18-12-7-8-21-13-6-4-3-5-11(12)13/h3-6,9-10,12H,7-8H2,1-2H3,(H,18,20). The van der Waals surface area contributed by atoms with E-state index < -0.39 is 5.54 Å². The Hall–Kier alpha value is -2.37. The number of benzene rings is 1. The molecule has 3 rings (SSSR count). The van der Waals surface area contributed by atoms with Crippen molar-refractivity contribution in [3.63, 3.8) is 0 Å². The molecule has 1 amide bonds. The van der Waals surface area contributed by atoms with Gasteiger partial charge in [0.2, 0.25) is 5.91 Å². The minimum atomic E-state index is -0.788. The molecule has 0 spiro atoms. The van der Waals surface area contributed by atoms with Crippen LogP contribution < -0.4 is 10.1 Å². The zero-order valence-corrected chi connectivity index (χ0v) is 12.1. The maximum absolute atomic E-state index is 12.6. The van der Waals surface area contributed by atoms with Crippen molar-refractivity contribution >= 4 is 5.91 Å². The van der Waals surface area contributed by atoms with E-state index in [1.807, 2.05) is 38.1 Å². The van der Waals surface area contributed by atoms with Gasteiger partial charge in [-0.05, 0) is 19.9 Å². The fraction of sp³-hybridized carbons (Fsp3) is 0.400. The maximum Gasteiger partial charge on any atom is 0.247 e. The van der Waals surface area contributed by atoms with Crippen LogP contribution in [-0.4, -0.2) is 27.3 Å². The largest absolute Gasteiger partial charge is 0.493 e. The van der Waals surface area contributed by atoms with Gasteiger partial charge in [-0.1, -0.05) is 18.2 Å². The summed E-state index contributed by atoms with van der Waals surface area (Å²) in [6.07, 6.45) is 3.74. The number of aromatic nitrogens is 3. The smallest absolute Gasteiger partial charge is 0.247 e. The lowest BCUT2D eigenvalue weighted by atomic mass is 9.98. The minimum Gasteiger partial charge on any atom is -0.493 e. The van der Waals surface area contributed by atoms with Gasteiger partial charge < -0.3 is 10.1 Å². The summed E-state index contributed by atoms with van der Waals surface area (Å²) in [5.41, 5.74) is 0.232. The molecule has 1 aromatic heterocycles. The van der Waals surface area contributed by atoms with E-state index in [-0.39, 0.29) is 11.9 Å². The van der Waals surface area contributed by atoms with Crippen molar-refractivity contribution in [1.82, 2.24) is 20.1 Å². The highest BCUT2D eigenvalue weighted by Gasteiger charge is 2.33. The van der Waals surface area contributed by atoms with Crippen LogP contribution in [-0.2, 0) is 10.3 Å².